The number of imidazole rings is 1. The van der Waals surface area contributed by atoms with E-state index in [1.54, 1.807) is 12.5 Å². The monoisotopic (exact) mass is 250 g/mol. The molecule has 2 aromatic rings. The number of benzene rings is 1. The van der Waals surface area contributed by atoms with Crippen molar-refractivity contribution in [2.45, 2.75) is 25.0 Å². The third-order valence-corrected chi connectivity index (χ3v) is 3.18. The summed E-state index contributed by atoms with van der Waals surface area (Å²) < 4.78 is 27.9. The van der Waals surface area contributed by atoms with Gasteiger partial charge in [0.05, 0.1) is 18.2 Å². The third kappa shape index (κ3) is 1.90. The van der Waals surface area contributed by atoms with Gasteiger partial charge < -0.3 is 9.67 Å². The molecule has 1 aliphatic carbocycles. The number of aromatic nitrogens is 2. The Balaban J connectivity index is 1.95. The molecule has 1 heterocycles. The van der Waals surface area contributed by atoms with Gasteiger partial charge in [-0.1, -0.05) is 6.07 Å². The minimum Gasteiger partial charge on any atom is -0.382 e. The maximum atomic E-state index is 13.1. The smallest absolute Gasteiger partial charge is 0.159 e. The average Bonchev–Trinajstić information content (AvgIpc) is 3.09. The van der Waals surface area contributed by atoms with Crippen LogP contribution in [-0.2, 0) is 0 Å². The first-order valence-electron chi connectivity index (χ1n) is 5.81. The molecule has 0 radical (unpaired) electrons. The molecule has 1 aromatic carbocycles. The lowest BCUT2D eigenvalue weighted by molar-refractivity contribution is 0.209. The van der Waals surface area contributed by atoms with E-state index in [2.05, 4.69) is 4.98 Å². The van der Waals surface area contributed by atoms with Crippen LogP contribution in [0.5, 0.6) is 0 Å². The van der Waals surface area contributed by atoms with Crippen LogP contribution in [0.2, 0.25) is 0 Å². The van der Waals surface area contributed by atoms with Gasteiger partial charge in [0.2, 0.25) is 0 Å². The molecule has 1 N–H and O–H groups in total. The zero-order valence-electron chi connectivity index (χ0n) is 9.55. The molecule has 0 bridgehead atoms. The van der Waals surface area contributed by atoms with Crippen molar-refractivity contribution in [3.63, 3.8) is 0 Å². The Labute approximate surface area is 103 Å². The van der Waals surface area contributed by atoms with E-state index in [9.17, 15) is 13.9 Å². The summed E-state index contributed by atoms with van der Waals surface area (Å²) in [5.74, 6) is -1.87. The van der Waals surface area contributed by atoms with Crippen LogP contribution in [-0.4, -0.2) is 14.7 Å². The highest BCUT2D eigenvalue weighted by Crippen LogP contribution is 2.37. The van der Waals surface area contributed by atoms with Crippen molar-refractivity contribution in [2.75, 3.05) is 0 Å². The maximum absolute atomic E-state index is 13.1. The molecule has 94 valence electrons. The fraction of sp³-hybridized carbons (Fsp3) is 0.308. The predicted octanol–water partition coefficient (Wildman–Crippen LogP) is 2.58. The summed E-state index contributed by atoms with van der Waals surface area (Å²) in [4.78, 5) is 4.01. The number of hydrogen-bond donors (Lipinski definition) is 1. The lowest BCUT2D eigenvalue weighted by Crippen LogP contribution is -2.07. The number of nitrogens with zero attached hydrogens (tertiary/aromatic N) is 2. The second-order valence-corrected chi connectivity index (χ2v) is 4.53. The van der Waals surface area contributed by atoms with Crippen LogP contribution in [0.4, 0.5) is 8.78 Å². The maximum Gasteiger partial charge on any atom is 0.159 e. The molecule has 3 rings (SSSR count). The second-order valence-electron chi connectivity index (χ2n) is 4.53. The van der Waals surface area contributed by atoms with Crippen LogP contribution in [0.3, 0.4) is 0 Å². The Morgan fingerprint density at radius 3 is 2.72 bits per heavy atom. The van der Waals surface area contributed by atoms with Crippen molar-refractivity contribution in [1.29, 1.82) is 0 Å². The molecule has 0 amide bonds. The van der Waals surface area contributed by atoms with E-state index in [0.29, 0.717) is 17.3 Å². The molecule has 1 fully saturated rings. The zero-order chi connectivity index (χ0) is 12.7. The van der Waals surface area contributed by atoms with Crippen LogP contribution in [0.15, 0.2) is 30.7 Å². The van der Waals surface area contributed by atoms with Crippen molar-refractivity contribution in [3.05, 3.63) is 53.6 Å². The van der Waals surface area contributed by atoms with E-state index < -0.39 is 17.7 Å². The van der Waals surface area contributed by atoms with E-state index in [1.807, 2.05) is 4.57 Å². The summed E-state index contributed by atoms with van der Waals surface area (Å²) in [5, 5.41) is 10.2. The first kappa shape index (κ1) is 11.3. The van der Waals surface area contributed by atoms with Crippen LogP contribution in [0.25, 0.3) is 0 Å². The van der Waals surface area contributed by atoms with Crippen molar-refractivity contribution in [1.82, 2.24) is 9.55 Å². The van der Waals surface area contributed by atoms with Crippen LogP contribution in [0, 0.1) is 11.6 Å². The Hall–Kier alpha value is -1.75. The van der Waals surface area contributed by atoms with Gasteiger partial charge in [-0.2, -0.15) is 0 Å². The fourth-order valence-corrected chi connectivity index (χ4v) is 2.04. The number of rotatable bonds is 3. The Bertz CT molecular complexity index is 578. The van der Waals surface area contributed by atoms with Gasteiger partial charge in [-0.3, -0.25) is 0 Å². The number of halogens is 2. The summed E-state index contributed by atoms with van der Waals surface area (Å²) in [7, 11) is 0. The van der Waals surface area contributed by atoms with E-state index >= 15 is 0 Å². The Morgan fingerprint density at radius 2 is 2.06 bits per heavy atom. The molecular formula is C13H12F2N2O. The van der Waals surface area contributed by atoms with Gasteiger partial charge in [0.25, 0.3) is 0 Å². The van der Waals surface area contributed by atoms with Gasteiger partial charge >= 0.3 is 0 Å². The minimum absolute atomic E-state index is 0.330. The number of aliphatic hydroxyl groups excluding tert-OH is 1. The van der Waals surface area contributed by atoms with Crippen LogP contribution >= 0.6 is 0 Å². The van der Waals surface area contributed by atoms with E-state index in [4.69, 9.17) is 0 Å². The second kappa shape index (κ2) is 4.17. The topological polar surface area (TPSA) is 38.1 Å². The van der Waals surface area contributed by atoms with Crippen LogP contribution in [0.1, 0.15) is 36.2 Å². The summed E-state index contributed by atoms with van der Waals surface area (Å²) in [6.45, 7) is 0. The summed E-state index contributed by atoms with van der Waals surface area (Å²) in [5.41, 5.74) is 0.944. The third-order valence-electron chi connectivity index (χ3n) is 3.18. The first-order valence-corrected chi connectivity index (χ1v) is 5.81. The zero-order valence-corrected chi connectivity index (χ0v) is 9.55. The highest BCUT2D eigenvalue weighted by Gasteiger charge is 2.28. The lowest BCUT2D eigenvalue weighted by Gasteiger charge is -2.13. The van der Waals surface area contributed by atoms with Gasteiger partial charge in [-0.05, 0) is 30.5 Å². The van der Waals surface area contributed by atoms with E-state index in [1.165, 1.54) is 6.07 Å². The summed E-state index contributed by atoms with van der Waals surface area (Å²) >= 11 is 0. The SMILES string of the molecule is OC(c1ccc(F)c(F)c1)c1cncn1C1CC1. The van der Waals surface area contributed by atoms with Gasteiger partial charge in [-0.15, -0.1) is 0 Å². The van der Waals surface area contributed by atoms with Crippen molar-refractivity contribution in [3.8, 4) is 0 Å². The summed E-state index contributed by atoms with van der Waals surface area (Å²) in [6.07, 6.45) is 4.37. The highest BCUT2D eigenvalue weighted by atomic mass is 19.2. The normalized spacial score (nSPS) is 16.8. The summed E-state index contributed by atoms with van der Waals surface area (Å²) in [6, 6.07) is 3.80. The Kier molecular flexibility index (Phi) is 2.63. The molecule has 0 aliphatic heterocycles. The van der Waals surface area contributed by atoms with Crippen molar-refractivity contribution >= 4 is 0 Å². The van der Waals surface area contributed by atoms with Gasteiger partial charge in [0.15, 0.2) is 11.6 Å². The van der Waals surface area contributed by atoms with Gasteiger partial charge in [0, 0.05) is 6.04 Å². The lowest BCUT2D eigenvalue weighted by atomic mass is 10.1. The molecule has 1 aromatic heterocycles. The minimum atomic E-state index is -0.983. The Morgan fingerprint density at radius 1 is 1.28 bits per heavy atom. The molecule has 0 saturated heterocycles. The predicted molar refractivity (Wildman–Crippen MR) is 60.9 cm³/mol. The standard InChI is InChI=1S/C13H12F2N2O/c14-10-4-1-8(5-11(10)15)13(18)12-6-16-7-17(12)9-2-3-9/h1,4-7,9,13,18H,2-3H2. The van der Waals surface area contributed by atoms with Crippen molar-refractivity contribution in [2.24, 2.45) is 0 Å². The quantitative estimate of drug-likeness (QED) is 0.909. The van der Waals surface area contributed by atoms with Crippen molar-refractivity contribution < 1.29 is 13.9 Å². The van der Waals surface area contributed by atoms with Crippen LogP contribution < -0.4 is 0 Å². The van der Waals surface area contributed by atoms with Gasteiger partial charge in [0.1, 0.15) is 6.10 Å². The molecule has 1 unspecified atom stereocenters. The number of aliphatic hydroxyl groups is 1. The molecule has 3 nitrogen and oxygen atoms in total. The molecule has 1 atom stereocenters. The largest absolute Gasteiger partial charge is 0.382 e. The fourth-order valence-electron chi connectivity index (χ4n) is 2.04. The molecule has 1 aliphatic rings. The first-order chi connectivity index (χ1) is 8.66. The number of hydrogen-bond acceptors (Lipinski definition) is 2. The highest BCUT2D eigenvalue weighted by molar-refractivity contribution is 5.26. The molecule has 1 saturated carbocycles. The van der Waals surface area contributed by atoms with E-state index in [0.717, 1.165) is 25.0 Å². The molecular weight excluding hydrogens is 238 g/mol. The van der Waals surface area contributed by atoms with Gasteiger partial charge in [-0.25, -0.2) is 13.8 Å². The van der Waals surface area contributed by atoms with E-state index in [-0.39, 0.29) is 0 Å². The molecule has 0 spiro atoms. The molecule has 18 heavy (non-hydrogen) atoms. The average molecular weight is 250 g/mol. The molecule has 5 heteroatoms.